The first-order valence-electron chi connectivity index (χ1n) is 3.63. The predicted octanol–water partition coefficient (Wildman–Crippen LogP) is 1.72. The predicted molar refractivity (Wildman–Crippen MR) is 38.2 cm³/mol. The molecule has 1 heteroatoms. The molecule has 1 aliphatic rings. The van der Waals surface area contributed by atoms with Crippen LogP contribution in [0.5, 0.6) is 0 Å². The quantitative estimate of drug-likeness (QED) is 0.558. The Morgan fingerprint density at radius 3 is 2.78 bits per heavy atom. The van der Waals surface area contributed by atoms with Crippen LogP contribution >= 0.6 is 0 Å². The Bertz CT molecular complexity index is 98.7. The van der Waals surface area contributed by atoms with Crippen molar-refractivity contribution in [3.63, 3.8) is 0 Å². The summed E-state index contributed by atoms with van der Waals surface area (Å²) in [6.45, 7) is 3.65. The van der Waals surface area contributed by atoms with Gasteiger partial charge < -0.3 is 5.11 Å². The van der Waals surface area contributed by atoms with Crippen LogP contribution in [0.4, 0.5) is 0 Å². The molecule has 1 fully saturated rings. The fourth-order valence-electron chi connectivity index (χ4n) is 1.51. The third-order valence-electron chi connectivity index (χ3n) is 2.09. The van der Waals surface area contributed by atoms with Crippen LogP contribution in [0.2, 0.25) is 0 Å². The van der Waals surface area contributed by atoms with E-state index in [2.05, 4.69) is 6.58 Å². The van der Waals surface area contributed by atoms with E-state index in [4.69, 9.17) is 0 Å². The van der Waals surface area contributed by atoms with Crippen LogP contribution in [0.1, 0.15) is 25.7 Å². The summed E-state index contributed by atoms with van der Waals surface area (Å²) < 4.78 is 0. The number of aliphatic hydroxyl groups excluding tert-OH is 1. The van der Waals surface area contributed by atoms with Crippen molar-refractivity contribution in [3.05, 3.63) is 12.7 Å². The molecule has 0 saturated heterocycles. The van der Waals surface area contributed by atoms with Gasteiger partial charge in [-0.1, -0.05) is 12.5 Å². The minimum Gasteiger partial charge on any atom is -0.393 e. The van der Waals surface area contributed by atoms with Crippen molar-refractivity contribution in [1.82, 2.24) is 0 Å². The van der Waals surface area contributed by atoms with Crippen molar-refractivity contribution in [2.24, 2.45) is 5.92 Å². The summed E-state index contributed by atoms with van der Waals surface area (Å²) in [5.41, 5.74) is 0. The minimum absolute atomic E-state index is 0.0389. The third-order valence-corrected chi connectivity index (χ3v) is 2.09. The normalized spacial score (nSPS) is 34.8. The van der Waals surface area contributed by atoms with Crippen LogP contribution in [0.15, 0.2) is 12.7 Å². The summed E-state index contributed by atoms with van der Waals surface area (Å²) in [5.74, 6) is 0.516. The van der Waals surface area contributed by atoms with E-state index in [-0.39, 0.29) is 6.10 Å². The minimum atomic E-state index is -0.0389. The first-order chi connectivity index (χ1) is 4.34. The standard InChI is InChI=1S/C8H14O/c1-2-4-7-5-3-6-8(7)9/h2,7-9H,1,3-6H2/t7-,8-/m0/s1. The topological polar surface area (TPSA) is 20.2 Å². The van der Waals surface area contributed by atoms with Crippen molar-refractivity contribution < 1.29 is 5.11 Å². The van der Waals surface area contributed by atoms with Crippen LogP contribution < -0.4 is 0 Å². The Morgan fingerprint density at radius 1 is 1.56 bits per heavy atom. The molecule has 1 N–H and O–H groups in total. The molecule has 1 rings (SSSR count). The number of hydrogen-bond acceptors (Lipinski definition) is 1. The molecule has 0 bridgehead atoms. The monoisotopic (exact) mass is 126 g/mol. The zero-order valence-corrected chi connectivity index (χ0v) is 5.71. The van der Waals surface area contributed by atoms with Gasteiger partial charge in [-0.15, -0.1) is 6.58 Å². The summed E-state index contributed by atoms with van der Waals surface area (Å²) in [5, 5.41) is 9.27. The summed E-state index contributed by atoms with van der Waals surface area (Å²) in [7, 11) is 0. The molecular weight excluding hydrogens is 112 g/mol. The molecule has 9 heavy (non-hydrogen) atoms. The number of aliphatic hydroxyl groups is 1. The molecular formula is C8H14O. The van der Waals surface area contributed by atoms with Gasteiger partial charge in [0.2, 0.25) is 0 Å². The van der Waals surface area contributed by atoms with Crippen LogP contribution in [0.3, 0.4) is 0 Å². The molecule has 2 atom stereocenters. The van der Waals surface area contributed by atoms with Crippen molar-refractivity contribution in [1.29, 1.82) is 0 Å². The van der Waals surface area contributed by atoms with Gasteiger partial charge in [0.05, 0.1) is 6.10 Å². The maximum absolute atomic E-state index is 9.27. The lowest BCUT2D eigenvalue weighted by Crippen LogP contribution is -2.11. The van der Waals surface area contributed by atoms with Crippen LogP contribution in [0, 0.1) is 5.92 Å². The van der Waals surface area contributed by atoms with Gasteiger partial charge in [0, 0.05) is 0 Å². The molecule has 0 heterocycles. The molecule has 52 valence electrons. The van der Waals surface area contributed by atoms with E-state index in [9.17, 15) is 5.11 Å². The largest absolute Gasteiger partial charge is 0.393 e. The lowest BCUT2D eigenvalue weighted by atomic mass is 10.0. The summed E-state index contributed by atoms with van der Waals surface area (Å²) >= 11 is 0. The molecule has 0 spiro atoms. The van der Waals surface area contributed by atoms with Crippen molar-refractivity contribution in [2.45, 2.75) is 31.8 Å². The smallest absolute Gasteiger partial charge is 0.0571 e. The molecule has 0 radical (unpaired) electrons. The Balaban J connectivity index is 2.30. The van der Waals surface area contributed by atoms with E-state index in [1.54, 1.807) is 0 Å². The fourth-order valence-corrected chi connectivity index (χ4v) is 1.51. The van der Waals surface area contributed by atoms with Crippen molar-refractivity contribution >= 4 is 0 Å². The Kier molecular flexibility index (Phi) is 2.29. The molecule has 0 amide bonds. The highest BCUT2D eigenvalue weighted by molar-refractivity contribution is 4.82. The molecule has 0 aromatic rings. The van der Waals surface area contributed by atoms with Crippen LogP contribution in [-0.2, 0) is 0 Å². The molecule has 1 saturated carbocycles. The fraction of sp³-hybridized carbons (Fsp3) is 0.750. The first-order valence-corrected chi connectivity index (χ1v) is 3.63. The molecule has 0 aromatic carbocycles. The Morgan fingerprint density at radius 2 is 2.33 bits per heavy atom. The van der Waals surface area contributed by atoms with E-state index < -0.39 is 0 Å². The molecule has 0 aromatic heterocycles. The van der Waals surface area contributed by atoms with Gasteiger partial charge in [-0.05, 0) is 25.2 Å². The zero-order chi connectivity index (χ0) is 6.69. The van der Waals surface area contributed by atoms with Gasteiger partial charge in [0.25, 0.3) is 0 Å². The second-order valence-corrected chi connectivity index (χ2v) is 2.78. The number of allylic oxidation sites excluding steroid dienone is 1. The van der Waals surface area contributed by atoms with Gasteiger partial charge in [0.1, 0.15) is 0 Å². The zero-order valence-electron chi connectivity index (χ0n) is 5.71. The van der Waals surface area contributed by atoms with Gasteiger partial charge in [-0.3, -0.25) is 0 Å². The maximum Gasteiger partial charge on any atom is 0.0571 e. The van der Waals surface area contributed by atoms with E-state index in [1.807, 2.05) is 6.08 Å². The number of hydrogen-bond donors (Lipinski definition) is 1. The second-order valence-electron chi connectivity index (χ2n) is 2.78. The molecule has 1 aliphatic carbocycles. The van der Waals surface area contributed by atoms with E-state index in [0.29, 0.717) is 5.92 Å². The first kappa shape index (κ1) is 6.81. The van der Waals surface area contributed by atoms with E-state index >= 15 is 0 Å². The second kappa shape index (κ2) is 3.02. The third kappa shape index (κ3) is 1.55. The van der Waals surface area contributed by atoms with Crippen molar-refractivity contribution in [2.75, 3.05) is 0 Å². The molecule has 1 nitrogen and oxygen atoms in total. The molecule has 0 unspecified atom stereocenters. The summed E-state index contributed by atoms with van der Waals surface area (Å²) in [4.78, 5) is 0. The lowest BCUT2D eigenvalue weighted by Gasteiger charge is -2.09. The SMILES string of the molecule is C=CC[C@H]1CCC[C@@H]1O. The average molecular weight is 126 g/mol. The van der Waals surface area contributed by atoms with Gasteiger partial charge >= 0.3 is 0 Å². The summed E-state index contributed by atoms with van der Waals surface area (Å²) in [6, 6.07) is 0. The summed E-state index contributed by atoms with van der Waals surface area (Å²) in [6.07, 6.45) is 6.23. The lowest BCUT2D eigenvalue weighted by molar-refractivity contribution is 0.134. The Hall–Kier alpha value is -0.300. The highest BCUT2D eigenvalue weighted by Crippen LogP contribution is 2.27. The van der Waals surface area contributed by atoms with Crippen molar-refractivity contribution in [3.8, 4) is 0 Å². The van der Waals surface area contributed by atoms with E-state index in [0.717, 1.165) is 12.8 Å². The highest BCUT2D eigenvalue weighted by Gasteiger charge is 2.23. The average Bonchev–Trinajstić information content (AvgIpc) is 2.18. The van der Waals surface area contributed by atoms with Crippen LogP contribution in [0.25, 0.3) is 0 Å². The van der Waals surface area contributed by atoms with Gasteiger partial charge in [0.15, 0.2) is 0 Å². The highest BCUT2D eigenvalue weighted by atomic mass is 16.3. The number of rotatable bonds is 2. The maximum atomic E-state index is 9.27. The van der Waals surface area contributed by atoms with Gasteiger partial charge in [-0.25, -0.2) is 0 Å². The van der Waals surface area contributed by atoms with E-state index in [1.165, 1.54) is 12.8 Å². The molecule has 0 aliphatic heterocycles. The van der Waals surface area contributed by atoms with Crippen LogP contribution in [-0.4, -0.2) is 11.2 Å². The van der Waals surface area contributed by atoms with Gasteiger partial charge in [-0.2, -0.15) is 0 Å². The Labute approximate surface area is 56.4 Å².